The molecule has 0 amide bonds. The molecule has 3 heteroatoms. The van der Waals surface area contributed by atoms with Gasteiger partial charge in [0.25, 0.3) is 0 Å². The summed E-state index contributed by atoms with van der Waals surface area (Å²) >= 11 is -0.556. The third-order valence-electron chi connectivity index (χ3n) is 2.08. The van der Waals surface area contributed by atoms with Gasteiger partial charge in [-0.3, -0.25) is 0 Å². The molecule has 1 radical (unpaired) electrons. The molecule has 0 aromatic heterocycles. The molecular weight excluding hydrogens is 263 g/mol. The van der Waals surface area contributed by atoms with E-state index >= 15 is 0 Å². The normalized spacial score (nSPS) is 9.87. The van der Waals surface area contributed by atoms with Gasteiger partial charge in [-0.15, -0.1) is 0 Å². The topological polar surface area (TPSA) is 0 Å². The van der Waals surface area contributed by atoms with E-state index < -0.39 is 17.0 Å². The zero-order valence-electron chi connectivity index (χ0n) is 9.64. The van der Waals surface area contributed by atoms with E-state index in [-0.39, 0.29) is 0 Å². The maximum absolute atomic E-state index is 4.89. The predicted molar refractivity (Wildman–Crippen MR) is 65.2 cm³/mol. The average molecular weight is 280 g/mol. The minimum atomic E-state index is -0.556. The second kappa shape index (κ2) is 8.64. The molecule has 83 valence electrons. The van der Waals surface area contributed by atoms with Crippen molar-refractivity contribution in [2.24, 2.45) is 0 Å². The predicted octanol–water partition coefficient (Wildman–Crippen LogP) is 5.11. The van der Waals surface area contributed by atoms with Gasteiger partial charge in [-0.05, 0) is 29.0 Å². The molecule has 0 aliphatic rings. The quantitative estimate of drug-likeness (QED) is 0.660. The standard InChI is InChI=1S/C12H17.2ClH.Ti/c1-9(2)11-6-5-7-12(8-11)10(3)4;;;/h5-7,9-10H,1-4H3;2*1H;/q;;;+2/p-2. The van der Waals surface area contributed by atoms with Crippen molar-refractivity contribution in [1.29, 1.82) is 0 Å². The molecule has 0 heterocycles. The first-order valence-corrected chi connectivity index (χ1v) is 9.31. The van der Waals surface area contributed by atoms with Gasteiger partial charge in [0.05, 0.1) is 0 Å². The van der Waals surface area contributed by atoms with Gasteiger partial charge in [-0.25, -0.2) is 0 Å². The summed E-state index contributed by atoms with van der Waals surface area (Å²) in [5.74, 6) is 1.17. The van der Waals surface area contributed by atoms with E-state index in [0.29, 0.717) is 11.8 Å². The summed E-state index contributed by atoms with van der Waals surface area (Å²) in [5, 5.41) is 0. The van der Waals surface area contributed by atoms with E-state index in [2.05, 4.69) is 52.0 Å². The zero-order valence-corrected chi connectivity index (χ0v) is 12.7. The Balaban J connectivity index is 0.000000583. The van der Waals surface area contributed by atoms with Crippen molar-refractivity contribution in [3.05, 3.63) is 35.4 Å². The number of rotatable bonds is 2. The van der Waals surface area contributed by atoms with Crippen LogP contribution in [-0.2, 0) is 17.0 Å². The van der Waals surface area contributed by atoms with Crippen LogP contribution >= 0.6 is 18.6 Å². The zero-order chi connectivity index (χ0) is 11.8. The van der Waals surface area contributed by atoms with E-state index in [4.69, 9.17) is 18.6 Å². The Morgan fingerprint density at radius 1 is 1.00 bits per heavy atom. The van der Waals surface area contributed by atoms with Crippen LogP contribution in [0.3, 0.4) is 0 Å². The number of halogens is 2. The Morgan fingerprint density at radius 2 is 1.33 bits per heavy atom. The third kappa shape index (κ3) is 6.63. The fraction of sp³-hybridized carbons (Fsp3) is 0.500. The number of hydrogen-bond donors (Lipinski definition) is 0. The van der Waals surface area contributed by atoms with Crippen molar-refractivity contribution in [1.82, 2.24) is 0 Å². The van der Waals surface area contributed by atoms with Gasteiger partial charge in [0.15, 0.2) is 0 Å². The first-order valence-electron chi connectivity index (χ1n) is 5.01. The molecule has 0 nitrogen and oxygen atoms in total. The molecule has 1 aromatic rings. The molecule has 0 aliphatic carbocycles. The molecule has 0 unspecified atom stereocenters. The Morgan fingerprint density at radius 3 is 1.60 bits per heavy atom. The third-order valence-corrected chi connectivity index (χ3v) is 2.08. The molecule has 1 aromatic carbocycles. The van der Waals surface area contributed by atoms with Crippen LogP contribution in [0, 0.1) is 6.07 Å². The van der Waals surface area contributed by atoms with E-state index in [0.717, 1.165) is 0 Å². The SMILES string of the molecule is CC(C)c1[c]c(C(C)C)ccc1.[Cl][Ti][Cl]. The summed E-state index contributed by atoms with van der Waals surface area (Å²) in [5.41, 5.74) is 2.64. The second-order valence-corrected chi connectivity index (χ2v) is 6.52. The Labute approximate surface area is 110 Å². The summed E-state index contributed by atoms with van der Waals surface area (Å²) in [4.78, 5) is 0. The van der Waals surface area contributed by atoms with Crippen molar-refractivity contribution >= 4 is 18.6 Å². The monoisotopic (exact) mass is 279 g/mol. The fourth-order valence-electron chi connectivity index (χ4n) is 1.18. The van der Waals surface area contributed by atoms with Gasteiger partial charge >= 0.3 is 35.6 Å². The average Bonchev–Trinajstić information content (AvgIpc) is 2.19. The molecule has 0 bridgehead atoms. The van der Waals surface area contributed by atoms with Gasteiger partial charge in [-0.1, -0.05) is 45.9 Å². The molecule has 0 N–H and O–H groups in total. The summed E-state index contributed by atoms with van der Waals surface area (Å²) in [6, 6.07) is 9.87. The second-order valence-electron chi connectivity index (χ2n) is 3.94. The summed E-state index contributed by atoms with van der Waals surface area (Å²) < 4.78 is 0. The van der Waals surface area contributed by atoms with Crippen molar-refractivity contribution in [3.8, 4) is 0 Å². The molecule has 0 saturated heterocycles. The summed E-state index contributed by atoms with van der Waals surface area (Å²) in [6.07, 6.45) is 0. The van der Waals surface area contributed by atoms with Gasteiger partial charge in [0.1, 0.15) is 0 Å². The summed E-state index contributed by atoms with van der Waals surface area (Å²) in [6.45, 7) is 8.82. The molecule has 0 atom stereocenters. The maximum atomic E-state index is 4.89. The fourth-order valence-corrected chi connectivity index (χ4v) is 1.18. The van der Waals surface area contributed by atoms with Crippen LogP contribution in [0.15, 0.2) is 18.2 Å². The van der Waals surface area contributed by atoms with E-state index in [9.17, 15) is 0 Å². The van der Waals surface area contributed by atoms with Gasteiger partial charge in [-0.2, -0.15) is 0 Å². The number of hydrogen-bond acceptors (Lipinski definition) is 0. The first-order chi connectivity index (χ1) is 7.02. The Hall–Kier alpha value is 0.514. The van der Waals surface area contributed by atoms with Crippen LogP contribution in [0.25, 0.3) is 0 Å². The summed E-state index contributed by atoms with van der Waals surface area (Å²) in [7, 11) is 9.78. The molecule has 0 aliphatic heterocycles. The van der Waals surface area contributed by atoms with Gasteiger partial charge < -0.3 is 0 Å². The Bertz CT molecular complexity index is 249. The Kier molecular flexibility index (Phi) is 8.94. The number of benzene rings is 1. The molecule has 1 rings (SSSR count). The van der Waals surface area contributed by atoms with Crippen molar-refractivity contribution in [3.63, 3.8) is 0 Å². The van der Waals surface area contributed by atoms with Crippen molar-refractivity contribution < 1.29 is 17.0 Å². The van der Waals surface area contributed by atoms with Crippen LogP contribution in [0.2, 0.25) is 0 Å². The minimum absolute atomic E-state index is 0.556. The van der Waals surface area contributed by atoms with Crippen LogP contribution in [0.4, 0.5) is 0 Å². The molecule has 0 saturated carbocycles. The van der Waals surface area contributed by atoms with Crippen molar-refractivity contribution in [2.45, 2.75) is 39.5 Å². The molecular formula is C12H17Cl2Ti. The van der Waals surface area contributed by atoms with Crippen LogP contribution < -0.4 is 0 Å². The molecule has 0 spiro atoms. The molecule has 0 fully saturated rings. The van der Waals surface area contributed by atoms with E-state index in [1.807, 2.05) is 0 Å². The van der Waals surface area contributed by atoms with Crippen LogP contribution in [0.5, 0.6) is 0 Å². The first kappa shape index (κ1) is 15.5. The van der Waals surface area contributed by atoms with Crippen LogP contribution in [0.1, 0.15) is 50.7 Å². The van der Waals surface area contributed by atoms with E-state index in [1.54, 1.807) is 0 Å². The molecule has 15 heavy (non-hydrogen) atoms. The van der Waals surface area contributed by atoms with Gasteiger partial charge in [0, 0.05) is 0 Å². The van der Waals surface area contributed by atoms with Crippen molar-refractivity contribution in [2.75, 3.05) is 0 Å². The van der Waals surface area contributed by atoms with E-state index in [1.165, 1.54) is 11.1 Å². The van der Waals surface area contributed by atoms with Crippen LogP contribution in [-0.4, -0.2) is 0 Å². The van der Waals surface area contributed by atoms with Gasteiger partial charge in [0.2, 0.25) is 0 Å².